The third-order valence-electron chi connectivity index (χ3n) is 7.98. The molecule has 2 aliphatic carbocycles. The van der Waals surface area contributed by atoms with Crippen LogP contribution >= 0.6 is 0 Å². The summed E-state index contributed by atoms with van der Waals surface area (Å²) in [5.74, 6) is 0.438. The molecule has 0 aromatic carbocycles. The molecule has 220 valence electrons. The highest BCUT2D eigenvalue weighted by molar-refractivity contribution is 5.38. The molecule has 2 rings (SSSR count). The lowest BCUT2D eigenvalue weighted by molar-refractivity contribution is 0.116. The number of rotatable bonds is 10. The molecule has 0 heterocycles. The van der Waals surface area contributed by atoms with Gasteiger partial charge in [0.25, 0.3) is 0 Å². The van der Waals surface area contributed by atoms with Crippen molar-refractivity contribution in [1.82, 2.24) is 0 Å². The van der Waals surface area contributed by atoms with Crippen LogP contribution in [0.3, 0.4) is 0 Å². The molecule has 1 N–H and O–H groups in total. The fourth-order valence-electron chi connectivity index (χ4n) is 5.62. The summed E-state index contributed by atoms with van der Waals surface area (Å²) < 4.78 is 0. The third kappa shape index (κ3) is 11.7. The van der Waals surface area contributed by atoms with Crippen LogP contribution in [0.4, 0.5) is 0 Å². The van der Waals surface area contributed by atoms with Gasteiger partial charge in [-0.2, -0.15) is 0 Å². The summed E-state index contributed by atoms with van der Waals surface area (Å²) in [4.78, 5) is 0. The van der Waals surface area contributed by atoms with Gasteiger partial charge in [0.2, 0.25) is 0 Å². The number of hydrogen-bond donors (Lipinski definition) is 1. The van der Waals surface area contributed by atoms with Gasteiger partial charge in [-0.25, -0.2) is 0 Å². The molecule has 0 spiro atoms. The van der Waals surface area contributed by atoms with E-state index < -0.39 is 0 Å². The van der Waals surface area contributed by atoms with Gasteiger partial charge in [0, 0.05) is 5.92 Å². The molecule has 0 aromatic heterocycles. The van der Waals surface area contributed by atoms with Crippen molar-refractivity contribution in [2.24, 2.45) is 16.7 Å². The van der Waals surface area contributed by atoms with Gasteiger partial charge >= 0.3 is 0 Å². The van der Waals surface area contributed by atoms with E-state index in [1.54, 1.807) is 0 Å². The summed E-state index contributed by atoms with van der Waals surface area (Å²) in [6.45, 7) is 21.9. The average Bonchev–Trinajstić information content (AvgIpc) is 2.84. The zero-order chi connectivity index (χ0) is 30.6. The van der Waals surface area contributed by atoms with E-state index in [0.717, 1.165) is 12.8 Å². The molecular weight excluding hydrogens is 496 g/mol. The standard InChI is InChI=1S/C40H54O/c1-30(18-13-20-32(3)23-25-37-34(5)22-15-27-39(37,7)8)16-11-12-17-31(2)19-14-21-33(4)24-26-38-35(6)28-36(41)29-40(38,9)10/h11-27,36-37,41H,28-29H2,1-10H3/b12-11+,18-13+,19-14+,25-23+,26-24+,30-16+,31-17+,32-20+,33-21+/t36?,37-/m0/s1. The molecule has 41 heavy (non-hydrogen) atoms. The van der Waals surface area contributed by atoms with Crippen LogP contribution in [0.2, 0.25) is 0 Å². The van der Waals surface area contributed by atoms with Crippen LogP contribution in [0.5, 0.6) is 0 Å². The Morgan fingerprint density at radius 1 is 0.756 bits per heavy atom. The second-order valence-corrected chi connectivity index (χ2v) is 13.1. The Kier molecular flexibility index (Phi) is 13.1. The fourth-order valence-corrected chi connectivity index (χ4v) is 5.62. The van der Waals surface area contributed by atoms with E-state index in [1.165, 1.54) is 39.0 Å². The smallest absolute Gasteiger partial charge is 0.0585 e. The largest absolute Gasteiger partial charge is 0.393 e. The zero-order valence-electron chi connectivity index (χ0n) is 27.3. The molecule has 0 radical (unpaired) electrons. The van der Waals surface area contributed by atoms with Crippen molar-refractivity contribution in [3.63, 3.8) is 0 Å². The van der Waals surface area contributed by atoms with Gasteiger partial charge in [-0.05, 0) is 70.8 Å². The van der Waals surface area contributed by atoms with Crippen LogP contribution in [-0.2, 0) is 0 Å². The topological polar surface area (TPSA) is 20.2 Å². The van der Waals surface area contributed by atoms with Crippen molar-refractivity contribution >= 4 is 0 Å². The van der Waals surface area contributed by atoms with Crippen molar-refractivity contribution in [1.29, 1.82) is 0 Å². The summed E-state index contributed by atoms with van der Waals surface area (Å²) >= 11 is 0. The second kappa shape index (κ2) is 15.7. The summed E-state index contributed by atoms with van der Waals surface area (Å²) in [6, 6.07) is 0. The van der Waals surface area contributed by atoms with Gasteiger partial charge in [0.05, 0.1) is 6.10 Å². The predicted molar refractivity (Wildman–Crippen MR) is 183 cm³/mol. The Morgan fingerprint density at radius 2 is 1.27 bits per heavy atom. The van der Waals surface area contributed by atoms with Crippen molar-refractivity contribution in [3.8, 4) is 0 Å². The molecular formula is C40H54O. The fraction of sp³-hybridized carbons (Fsp3) is 0.400. The molecule has 0 fully saturated rings. The molecule has 0 aliphatic heterocycles. The van der Waals surface area contributed by atoms with E-state index >= 15 is 0 Å². The first-order chi connectivity index (χ1) is 19.2. The van der Waals surface area contributed by atoms with Crippen molar-refractivity contribution in [2.45, 2.75) is 88.2 Å². The quantitative estimate of drug-likeness (QED) is 0.268. The molecule has 1 unspecified atom stereocenters. The molecule has 1 nitrogen and oxygen atoms in total. The molecule has 1 heteroatoms. The summed E-state index contributed by atoms with van der Waals surface area (Å²) in [5.41, 5.74) is 9.09. The van der Waals surface area contributed by atoms with Gasteiger partial charge < -0.3 is 5.11 Å². The SMILES string of the molecule is CC1=CC=CC(C)(C)[C@H]1/C=C/C(C)=C/C=C/C(C)=C/C=C/C=C(C)/C=C/C=C(C)/C=C/C1=C(C)CC(O)CC1(C)C. The van der Waals surface area contributed by atoms with E-state index in [1.807, 2.05) is 0 Å². The second-order valence-electron chi connectivity index (χ2n) is 13.1. The highest BCUT2D eigenvalue weighted by Crippen LogP contribution is 2.41. The molecule has 0 saturated carbocycles. The van der Waals surface area contributed by atoms with Gasteiger partial charge in [-0.15, -0.1) is 0 Å². The first-order valence-corrected chi connectivity index (χ1v) is 15.0. The van der Waals surface area contributed by atoms with Crippen LogP contribution in [0.15, 0.2) is 142 Å². The van der Waals surface area contributed by atoms with Crippen LogP contribution in [-0.4, -0.2) is 11.2 Å². The molecule has 0 saturated heterocycles. The Hall–Kier alpha value is -3.16. The minimum absolute atomic E-state index is 0.0108. The van der Waals surface area contributed by atoms with Gasteiger partial charge in [-0.1, -0.05) is 164 Å². The number of aliphatic hydroxyl groups excluding tert-OH is 1. The Balaban J connectivity index is 1.89. The maximum Gasteiger partial charge on any atom is 0.0585 e. The zero-order valence-corrected chi connectivity index (χ0v) is 27.3. The minimum Gasteiger partial charge on any atom is -0.393 e. The Labute approximate surface area is 251 Å². The summed E-state index contributed by atoms with van der Waals surface area (Å²) in [6.07, 6.45) is 38.3. The van der Waals surface area contributed by atoms with E-state index in [0.29, 0.717) is 5.92 Å². The first-order valence-electron chi connectivity index (χ1n) is 15.0. The Morgan fingerprint density at radius 3 is 1.80 bits per heavy atom. The highest BCUT2D eigenvalue weighted by Gasteiger charge is 2.31. The van der Waals surface area contributed by atoms with Crippen LogP contribution in [0.1, 0.15) is 82.1 Å². The van der Waals surface area contributed by atoms with Gasteiger partial charge in [0.15, 0.2) is 0 Å². The monoisotopic (exact) mass is 550 g/mol. The summed E-state index contributed by atoms with van der Waals surface area (Å²) in [7, 11) is 0. The molecule has 0 amide bonds. The van der Waals surface area contributed by atoms with Crippen molar-refractivity contribution < 1.29 is 5.11 Å². The van der Waals surface area contributed by atoms with E-state index in [4.69, 9.17) is 0 Å². The molecule has 0 bridgehead atoms. The average molecular weight is 551 g/mol. The first kappa shape index (κ1) is 34.0. The highest BCUT2D eigenvalue weighted by atomic mass is 16.3. The summed E-state index contributed by atoms with van der Waals surface area (Å²) in [5, 5.41) is 10.1. The van der Waals surface area contributed by atoms with Crippen molar-refractivity contribution in [2.75, 3.05) is 0 Å². The van der Waals surface area contributed by atoms with E-state index in [9.17, 15) is 5.11 Å². The number of allylic oxidation sites excluding steroid dienone is 23. The van der Waals surface area contributed by atoms with Crippen LogP contribution < -0.4 is 0 Å². The lowest BCUT2D eigenvalue weighted by Gasteiger charge is -2.35. The maximum absolute atomic E-state index is 10.1. The van der Waals surface area contributed by atoms with Crippen LogP contribution in [0.25, 0.3) is 0 Å². The maximum atomic E-state index is 10.1. The van der Waals surface area contributed by atoms with Crippen LogP contribution in [0, 0.1) is 16.7 Å². The van der Waals surface area contributed by atoms with E-state index in [-0.39, 0.29) is 16.9 Å². The Bertz CT molecular complexity index is 1280. The van der Waals surface area contributed by atoms with Crippen molar-refractivity contribution in [3.05, 3.63) is 142 Å². The minimum atomic E-state index is -0.222. The number of hydrogen-bond acceptors (Lipinski definition) is 1. The number of aliphatic hydroxyl groups is 1. The lowest BCUT2D eigenvalue weighted by Crippen LogP contribution is -2.28. The molecule has 2 aliphatic rings. The lowest BCUT2D eigenvalue weighted by atomic mass is 9.71. The van der Waals surface area contributed by atoms with Gasteiger partial charge in [0.1, 0.15) is 0 Å². The third-order valence-corrected chi connectivity index (χ3v) is 7.98. The predicted octanol–water partition coefficient (Wildman–Crippen LogP) is 11.2. The van der Waals surface area contributed by atoms with Gasteiger partial charge in [-0.3, -0.25) is 0 Å². The molecule has 0 aromatic rings. The normalized spacial score (nSPS) is 24.7. The molecule has 2 atom stereocenters. The van der Waals surface area contributed by atoms with E-state index in [2.05, 4.69) is 173 Å².